The summed E-state index contributed by atoms with van der Waals surface area (Å²) < 4.78 is 0. The summed E-state index contributed by atoms with van der Waals surface area (Å²) in [6.07, 6.45) is 0. The molecule has 1 spiro atoms. The Bertz CT molecular complexity index is 3230. The summed E-state index contributed by atoms with van der Waals surface area (Å²) >= 11 is 0. The fraction of sp³-hybridized carbons (Fsp3) is 0.0345. The second kappa shape index (κ2) is 12.6. The van der Waals surface area contributed by atoms with Crippen molar-refractivity contribution in [1.29, 1.82) is 0 Å². The highest BCUT2D eigenvalue weighted by Gasteiger charge is 2.52. The van der Waals surface area contributed by atoms with Crippen molar-refractivity contribution in [3.05, 3.63) is 240 Å². The molecule has 0 atom stereocenters. The lowest BCUT2D eigenvalue weighted by atomic mass is 9.70. The number of fused-ring (bicyclic) bond motifs is 15. The van der Waals surface area contributed by atoms with E-state index >= 15 is 0 Å². The summed E-state index contributed by atoms with van der Waals surface area (Å²) in [6.45, 7) is 2.08. The summed E-state index contributed by atoms with van der Waals surface area (Å²) in [5.41, 5.74) is 22.3. The first-order valence-electron chi connectivity index (χ1n) is 20.4. The zero-order chi connectivity index (χ0) is 38.4. The molecule has 13 rings (SSSR count). The zero-order valence-electron chi connectivity index (χ0n) is 32.2. The molecule has 0 saturated heterocycles. The second-order valence-corrected chi connectivity index (χ2v) is 15.9. The van der Waals surface area contributed by atoms with Crippen LogP contribution in [0.25, 0.3) is 88.3 Å². The Labute approximate surface area is 339 Å². The largest absolute Gasteiger partial charge is 0.0725 e. The van der Waals surface area contributed by atoms with Crippen molar-refractivity contribution >= 4 is 21.5 Å². The van der Waals surface area contributed by atoms with Crippen LogP contribution >= 0.6 is 0 Å². The quantitative estimate of drug-likeness (QED) is 0.166. The van der Waals surface area contributed by atoms with Gasteiger partial charge in [-0.2, -0.15) is 0 Å². The van der Waals surface area contributed by atoms with Crippen LogP contribution in [0.3, 0.4) is 0 Å². The second-order valence-electron chi connectivity index (χ2n) is 15.9. The van der Waals surface area contributed by atoms with Gasteiger partial charge in [0, 0.05) is 0 Å². The molecule has 58 heavy (non-hydrogen) atoms. The van der Waals surface area contributed by atoms with E-state index in [2.05, 4.69) is 201 Å². The minimum absolute atomic E-state index is 0.387. The Morgan fingerprint density at radius 1 is 0.293 bits per heavy atom. The minimum atomic E-state index is -0.387. The van der Waals surface area contributed by atoms with Crippen LogP contribution in [0.1, 0.15) is 27.8 Å². The lowest BCUT2D eigenvalue weighted by Crippen LogP contribution is -2.25. The van der Waals surface area contributed by atoms with Gasteiger partial charge in [0.2, 0.25) is 0 Å². The van der Waals surface area contributed by atoms with E-state index < -0.39 is 0 Å². The predicted octanol–water partition coefficient (Wildman–Crippen LogP) is 15.3. The summed E-state index contributed by atoms with van der Waals surface area (Å²) in [7, 11) is 0. The number of hydrogen-bond donors (Lipinski definition) is 0. The molecule has 270 valence electrons. The van der Waals surface area contributed by atoms with E-state index in [0.29, 0.717) is 0 Å². The molecule has 0 amide bonds. The van der Waals surface area contributed by atoms with E-state index in [0.717, 1.165) is 0 Å². The molecule has 0 fully saturated rings. The van der Waals surface area contributed by atoms with Crippen LogP contribution in [-0.2, 0) is 5.41 Å². The molecule has 0 nitrogen and oxygen atoms in total. The molecule has 0 saturated carbocycles. The van der Waals surface area contributed by atoms with E-state index in [-0.39, 0.29) is 5.41 Å². The maximum atomic E-state index is 2.59. The zero-order valence-corrected chi connectivity index (χ0v) is 32.2. The molecule has 0 aromatic heterocycles. The summed E-state index contributed by atoms with van der Waals surface area (Å²) in [5.74, 6) is 0. The molecule has 0 aliphatic heterocycles. The molecule has 0 N–H and O–H groups in total. The molecule has 10 aromatic carbocycles. The van der Waals surface area contributed by atoms with Gasteiger partial charge in [0.05, 0.1) is 5.41 Å². The molecule has 3 aliphatic carbocycles. The van der Waals surface area contributed by atoms with Crippen LogP contribution in [0.4, 0.5) is 0 Å². The van der Waals surface area contributed by atoms with Crippen molar-refractivity contribution in [2.24, 2.45) is 0 Å². The van der Waals surface area contributed by atoms with Gasteiger partial charge < -0.3 is 0 Å². The van der Waals surface area contributed by atoms with Gasteiger partial charge in [-0.15, -0.1) is 0 Å². The van der Waals surface area contributed by atoms with Gasteiger partial charge in [-0.25, -0.2) is 0 Å². The number of aryl methyl sites for hydroxylation is 1. The molecule has 0 unspecified atom stereocenters. The van der Waals surface area contributed by atoms with Gasteiger partial charge in [0.15, 0.2) is 0 Å². The molecular formula is C58H38. The topological polar surface area (TPSA) is 0 Å². The van der Waals surface area contributed by atoms with Crippen LogP contribution in [0.2, 0.25) is 0 Å². The van der Waals surface area contributed by atoms with Crippen molar-refractivity contribution in [3.63, 3.8) is 0 Å². The maximum Gasteiger partial charge on any atom is 0.0725 e. The van der Waals surface area contributed by atoms with Crippen LogP contribution < -0.4 is 0 Å². The van der Waals surface area contributed by atoms with Gasteiger partial charge in [-0.1, -0.05) is 206 Å². The fourth-order valence-electron chi connectivity index (χ4n) is 10.7. The lowest BCUT2D eigenvalue weighted by molar-refractivity contribution is 0.795. The number of rotatable bonds is 2. The van der Waals surface area contributed by atoms with Crippen molar-refractivity contribution in [2.75, 3.05) is 0 Å². The third kappa shape index (κ3) is 4.46. The predicted molar refractivity (Wildman–Crippen MR) is 244 cm³/mol. The van der Waals surface area contributed by atoms with Gasteiger partial charge >= 0.3 is 0 Å². The average Bonchev–Trinajstić information content (AvgIpc) is 3.89. The summed E-state index contributed by atoms with van der Waals surface area (Å²) in [6, 6.07) is 78.6. The van der Waals surface area contributed by atoms with E-state index in [1.165, 1.54) is 116 Å². The maximum absolute atomic E-state index is 2.59. The fourth-order valence-corrected chi connectivity index (χ4v) is 10.7. The Kier molecular flexibility index (Phi) is 7.16. The molecule has 0 heteroatoms. The van der Waals surface area contributed by atoms with Gasteiger partial charge in [-0.05, 0) is 130 Å². The third-order valence-electron chi connectivity index (χ3n) is 12.9. The first kappa shape index (κ1) is 32.9. The smallest absolute Gasteiger partial charge is 0.0622 e. The normalized spacial score (nSPS) is 13.1. The highest BCUT2D eigenvalue weighted by atomic mass is 14.5. The van der Waals surface area contributed by atoms with E-state index in [9.17, 15) is 0 Å². The summed E-state index contributed by atoms with van der Waals surface area (Å²) in [5, 5.41) is 5.27. The first-order valence-corrected chi connectivity index (χ1v) is 20.4. The van der Waals surface area contributed by atoms with Crippen LogP contribution in [0.15, 0.2) is 212 Å². The van der Waals surface area contributed by atoms with Crippen molar-refractivity contribution in [3.8, 4) is 66.8 Å². The molecule has 0 radical (unpaired) electrons. The number of benzene rings is 10. The summed E-state index contributed by atoms with van der Waals surface area (Å²) in [4.78, 5) is 0. The van der Waals surface area contributed by atoms with Crippen LogP contribution in [0, 0.1) is 6.92 Å². The van der Waals surface area contributed by atoms with E-state index in [1.54, 1.807) is 0 Å². The standard InChI is InChI=1S/C51H30.C7H8/c1-2-15-31(16-3-1)33-18-6-7-22-37(33)49-34-19-5-4-17-32(34)29-41-42-30-46-48(39-24-14-25-40(47(39)42)50(41)49)38-23-10-13-28-45(38)51(46)43-26-11-8-20-35(43)36-21-9-12-27-44(36)51;1-7-5-3-2-4-6-7/h1-30H;2-6H,1H3. The van der Waals surface area contributed by atoms with Gasteiger partial charge in [-0.3, -0.25) is 0 Å². The average molecular weight is 735 g/mol. The van der Waals surface area contributed by atoms with Crippen molar-refractivity contribution < 1.29 is 0 Å². The van der Waals surface area contributed by atoms with Crippen LogP contribution in [-0.4, -0.2) is 0 Å². The van der Waals surface area contributed by atoms with Crippen molar-refractivity contribution in [1.82, 2.24) is 0 Å². The van der Waals surface area contributed by atoms with Crippen LogP contribution in [0.5, 0.6) is 0 Å². The number of hydrogen-bond acceptors (Lipinski definition) is 0. The highest BCUT2D eigenvalue weighted by molar-refractivity contribution is 6.26. The lowest BCUT2D eigenvalue weighted by Gasteiger charge is -2.30. The van der Waals surface area contributed by atoms with Crippen molar-refractivity contribution in [2.45, 2.75) is 12.3 Å². The Morgan fingerprint density at radius 2 is 0.810 bits per heavy atom. The molecule has 0 heterocycles. The SMILES string of the molecule is Cc1ccccc1.c1ccc(-c2ccccc2-c2c3c(cc4ccccc24)-c2cc4c(c5cccc-3c25)-c2ccccc2C42c3ccccc3-c3ccccc32)cc1. The monoisotopic (exact) mass is 734 g/mol. The Hall–Kier alpha value is -7.28. The first-order chi connectivity index (χ1) is 28.7. The molecular weight excluding hydrogens is 697 g/mol. The highest BCUT2D eigenvalue weighted by Crippen LogP contribution is 2.66. The Balaban J connectivity index is 0.000000477. The minimum Gasteiger partial charge on any atom is -0.0622 e. The van der Waals surface area contributed by atoms with Gasteiger partial charge in [0.25, 0.3) is 0 Å². The Morgan fingerprint density at radius 3 is 1.48 bits per heavy atom. The van der Waals surface area contributed by atoms with E-state index in [1.807, 2.05) is 18.2 Å². The molecule has 0 bridgehead atoms. The molecule has 10 aromatic rings. The third-order valence-corrected chi connectivity index (χ3v) is 12.9. The van der Waals surface area contributed by atoms with E-state index in [4.69, 9.17) is 0 Å². The molecule has 3 aliphatic rings. The van der Waals surface area contributed by atoms with Gasteiger partial charge in [0.1, 0.15) is 0 Å².